The van der Waals surface area contributed by atoms with Crippen molar-refractivity contribution in [2.24, 2.45) is 0 Å². The van der Waals surface area contributed by atoms with Crippen LogP contribution < -0.4 is 0 Å². The summed E-state index contributed by atoms with van der Waals surface area (Å²) >= 11 is 4.06. The van der Waals surface area contributed by atoms with Crippen LogP contribution in [0.25, 0.3) is 0 Å². The summed E-state index contributed by atoms with van der Waals surface area (Å²) in [6, 6.07) is 6.92. The average molecular weight is 464 g/mol. The third-order valence-electron chi connectivity index (χ3n) is 5.97. The summed E-state index contributed by atoms with van der Waals surface area (Å²) in [5, 5.41) is 0. The minimum absolute atomic E-state index is 1.17. The molecule has 0 saturated heterocycles. The predicted octanol–water partition coefficient (Wildman–Crippen LogP) is 11.1. The van der Waals surface area contributed by atoms with Gasteiger partial charge in [0.05, 0.1) is 0 Å². The lowest BCUT2D eigenvalue weighted by molar-refractivity contribution is 0.573. The van der Waals surface area contributed by atoms with Crippen LogP contribution in [-0.2, 0) is 0 Å². The second kappa shape index (κ2) is 21.7. The highest BCUT2D eigenvalue weighted by Crippen LogP contribution is 2.28. The molecule has 0 aliphatic rings. The number of rotatable bonds is 22. The maximum atomic E-state index is 4.21. The lowest BCUT2D eigenvalue weighted by Crippen LogP contribution is -1.87. The standard InChI is InChI=1S/C29H51S2/c1-4-6-8-10-12-14-16-18-20-22-30-28-24-27(3)25-29(26-28)31-23-21-19-17-15-13-11-9-7-5-2/h24-26H,3-23H2,1-2H3. The average Bonchev–Trinajstić information content (AvgIpc) is 2.76. The van der Waals surface area contributed by atoms with Gasteiger partial charge in [-0.2, -0.15) is 0 Å². The van der Waals surface area contributed by atoms with Crippen LogP contribution in [-0.4, -0.2) is 11.5 Å². The van der Waals surface area contributed by atoms with E-state index in [2.05, 4.69) is 39.0 Å². The highest BCUT2D eigenvalue weighted by atomic mass is 32.2. The van der Waals surface area contributed by atoms with Gasteiger partial charge in [0.1, 0.15) is 0 Å². The van der Waals surface area contributed by atoms with Crippen molar-refractivity contribution in [1.82, 2.24) is 0 Å². The van der Waals surface area contributed by atoms with Gasteiger partial charge in [-0.1, -0.05) is 117 Å². The van der Waals surface area contributed by atoms with Crippen LogP contribution in [0.2, 0.25) is 0 Å². The van der Waals surface area contributed by atoms with Crippen LogP contribution >= 0.6 is 23.5 Å². The van der Waals surface area contributed by atoms with Crippen molar-refractivity contribution in [1.29, 1.82) is 0 Å². The summed E-state index contributed by atoms with van der Waals surface area (Å²) in [6.45, 7) is 8.80. The minimum atomic E-state index is 1.17. The topological polar surface area (TPSA) is 0 Å². The van der Waals surface area contributed by atoms with Crippen LogP contribution in [0.4, 0.5) is 0 Å². The first kappa shape index (κ1) is 29.0. The molecule has 0 fully saturated rings. The van der Waals surface area contributed by atoms with E-state index in [1.807, 2.05) is 23.5 Å². The molecule has 0 saturated carbocycles. The molecular formula is C29H51S2. The van der Waals surface area contributed by atoms with Crippen LogP contribution in [0.1, 0.15) is 135 Å². The molecular weight excluding hydrogens is 412 g/mol. The molecule has 1 aromatic carbocycles. The van der Waals surface area contributed by atoms with Gasteiger partial charge in [0.15, 0.2) is 0 Å². The Morgan fingerprint density at radius 3 is 1.16 bits per heavy atom. The molecule has 0 N–H and O–H groups in total. The van der Waals surface area contributed by atoms with Gasteiger partial charge in [-0.25, -0.2) is 0 Å². The number of hydrogen-bond donors (Lipinski definition) is 0. The minimum Gasteiger partial charge on any atom is -0.126 e. The molecule has 1 aromatic rings. The molecule has 0 nitrogen and oxygen atoms in total. The van der Waals surface area contributed by atoms with Crippen molar-refractivity contribution >= 4 is 23.5 Å². The Kier molecular flexibility index (Phi) is 20.3. The summed E-state index contributed by atoms with van der Waals surface area (Å²) in [6.07, 6.45) is 25.4. The van der Waals surface area contributed by atoms with Gasteiger partial charge >= 0.3 is 0 Å². The zero-order valence-corrected chi connectivity index (χ0v) is 22.5. The molecule has 0 aliphatic carbocycles. The Hall–Kier alpha value is -0.0800. The van der Waals surface area contributed by atoms with Crippen molar-refractivity contribution < 1.29 is 0 Å². The van der Waals surface area contributed by atoms with Gasteiger partial charge < -0.3 is 0 Å². The summed E-state index contributed by atoms with van der Waals surface area (Å²) in [4.78, 5) is 2.84. The van der Waals surface area contributed by atoms with Crippen LogP contribution in [0.3, 0.4) is 0 Å². The zero-order chi connectivity index (χ0) is 22.4. The Bertz CT molecular complexity index is 469. The lowest BCUT2D eigenvalue weighted by Gasteiger charge is -2.08. The summed E-state index contributed by atoms with van der Waals surface area (Å²) < 4.78 is 0. The van der Waals surface area contributed by atoms with Crippen LogP contribution in [0.15, 0.2) is 28.0 Å². The fourth-order valence-electron chi connectivity index (χ4n) is 4.00. The van der Waals surface area contributed by atoms with Crippen molar-refractivity contribution in [2.75, 3.05) is 11.5 Å². The van der Waals surface area contributed by atoms with E-state index >= 15 is 0 Å². The normalized spacial score (nSPS) is 11.3. The van der Waals surface area contributed by atoms with Gasteiger partial charge in [0.25, 0.3) is 0 Å². The first-order chi connectivity index (χ1) is 15.3. The SMILES string of the molecule is [CH2]c1cc(SCCCCCCCCCCC)cc(SCCCCCCCCCCC)c1. The third kappa shape index (κ3) is 18.1. The van der Waals surface area contributed by atoms with E-state index in [0.29, 0.717) is 0 Å². The van der Waals surface area contributed by atoms with Gasteiger partial charge in [-0.15, -0.1) is 23.5 Å². The second-order valence-electron chi connectivity index (χ2n) is 9.17. The molecule has 0 spiro atoms. The van der Waals surface area contributed by atoms with E-state index in [1.165, 1.54) is 142 Å². The Balaban J connectivity index is 2.06. The lowest BCUT2D eigenvalue weighted by atomic mass is 10.1. The van der Waals surface area contributed by atoms with E-state index < -0.39 is 0 Å². The van der Waals surface area contributed by atoms with Gasteiger partial charge in [0, 0.05) is 9.79 Å². The monoisotopic (exact) mass is 463 g/mol. The maximum absolute atomic E-state index is 4.21. The molecule has 1 rings (SSSR count). The Labute approximate surface area is 204 Å². The second-order valence-corrected chi connectivity index (χ2v) is 11.5. The van der Waals surface area contributed by atoms with Crippen molar-refractivity contribution in [3.8, 4) is 0 Å². The number of hydrogen-bond acceptors (Lipinski definition) is 2. The fourth-order valence-corrected chi connectivity index (χ4v) is 6.14. The van der Waals surface area contributed by atoms with Crippen molar-refractivity contribution in [3.05, 3.63) is 30.7 Å². The molecule has 179 valence electrons. The molecule has 0 unspecified atom stereocenters. The van der Waals surface area contributed by atoms with Crippen LogP contribution in [0.5, 0.6) is 0 Å². The number of thioether (sulfide) groups is 2. The highest BCUT2D eigenvalue weighted by molar-refractivity contribution is 8.00. The van der Waals surface area contributed by atoms with E-state index in [0.717, 1.165) is 0 Å². The molecule has 1 radical (unpaired) electrons. The van der Waals surface area contributed by atoms with Gasteiger partial charge in [-0.3, -0.25) is 0 Å². The molecule has 0 amide bonds. The summed E-state index contributed by atoms with van der Waals surface area (Å²) in [5.41, 5.74) is 1.17. The molecule has 0 heterocycles. The van der Waals surface area contributed by atoms with E-state index in [4.69, 9.17) is 0 Å². The molecule has 0 bridgehead atoms. The smallest absolute Gasteiger partial charge is 0.00858 e. The summed E-state index contributed by atoms with van der Waals surface area (Å²) in [7, 11) is 0. The molecule has 2 heteroatoms. The fraction of sp³-hybridized carbons (Fsp3) is 0.759. The molecule has 31 heavy (non-hydrogen) atoms. The maximum Gasteiger partial charge on any atom is 0.00858 e. The number of benzene rings is 1. The molecule has 0 aliphatic heterocycles. The van der Waals surface area contributed by atoms with Crippen molar-refractivity contribution in [3.63, 3.8) is 0 Å². The van der Waals surface area contributed by atoms with E-state index in [9.17, 15) is 0 Å². The van der Waals surface area contributed by atoms with Gasteiger partial charge in [-0.05, 0) is 55.0 Å². The first-order valence-corrected chi connectivity index (χ1v) is 15.5. The Morgan fingerprint density at radius 1 is 0.484 bits per heavy atom. The third-order valence-corrected chi connectivity index (χ3v) is 8.10. The first-order valence-electron chi connectivity index (χ1n) is 13.5. The van der Waals surface area contributed by atoms with Gasteiger partial charge in [0.2, 0.25) is 0 Å². The molecule has 0 aromatic heterocycles. The highest BCUT2D eigenvalue weighted by Gasteiger charge is 2.02. The van der Waals surface area contributed by atoms with Crippen LogP contribution in [0, 0.1) is 6.92 Å². The van der Waals surface area contributed by atoms with E-state index in [1.54, 1.807) is 0 Å². The van der Waals surface area contributed by atoms with Crippen molar-refractivity contribution in [2.45, 2.75) is 139 Å². The largest absolute Gasteiger partial charge is 0.126 e. The number of unbranched alkanes of at least 4 members (excludes halogenated alkanes) is 16. The molecule has 0 atom stereocenters. The zero-order valence-electron chi connectivity index (χ0n) is 20.9. The predicted molar refractivity (Wildman–Crippen MR) is 147 cm³/mol. The van der Waals surface area contributed by atoms with E-state index in [-0.39, 0.29) is 0 Å². The Morgan fingerprint density at radius 2 is 0.806 bits per heavy atom. The quantitative estimate of drug-likeness (QED) is 0.124. The summed E-state index contributed by atoms with van der Waals surface area (Å²) in [5.74, 6) is 2.50.